The lowest BCUT2D eigenvalue weighted by molar-refractivity contribution is -0.130. The minimum absolute atomic E-state index is 0.0571. The van der Waals surface area contributed by atoms with Gasteiger partial charge in [0, 0.05) is 13.1 Å². The van der Waals surface area contributed by atoms with E-state index in [0.29, 0.717) is 19.4 Å². The molecule has 2 N–H and O–H groups in total. The Morgan fingerprint density at radius 3 is 2.41 bits per heavy atom. The standard InChI is InChI=1S/C22H25N3O4/c1-29-18-9-7-17(8-10-18)12-14-25-21(27)19(24-22(25)28)15-20(26)23-13-11-16-5-3-2-4-6-16/h2-10,19H,11-15H2,1H3,(H,23,26)(H,24,28). The first-order chi connectivity index (χ1) is 14.1. The van der Waals surface area contributed by atoms with Gasteiger partial charge in [-0.3, -0.25) is 14.5 Å². The Morgan fingerprint density at radius 2 is 1.72 bits per heavy atom. The molecule has 1 aliphatic rings. The molecule has 0 aromatic heterocycles. The summed E-state index contributed by atoms with van der Waals surface area (Å²) in [4.78, 5) is 38.0. The first-order valence-corrected chi connectivity index (χ1v) is 9.62. The van der Waals surface area contributed by atoms with Gasteiger partial charge in [0.25, 0.3) is 5.91 Å². The number of urea groups is 1. The highest BCUT2D eigenvalue weighted by molar-refractivity contribution is 6.05. The van der Waals surface area contributed by atoms with Crippen LogP contribution in [0, 0.1) is 0 Å². The van der Waals surface area contributed by atoms with Crippen molar-refractivity contribution in [3.05, 3.63) is 65.7 Å². The van der Waals surface area contributed by atoms with E-state index in [0.717, 1.165) is 16.9 Å². The van der Waals surface area contributed by atoms with Crippen LogP contribution in [0.5, 0.6) is 5.75 Å². The Kier molecular flexibility index (Phi) is 6.84. The average Bonchev–Trinajstić information content (AvgIpc) is 3.00. The van der Waals surface area contributed by atoms with Crippen LogP contribution in [0.3, 0.4) is 0 Å². The number of carbonyl (C=O) groups is 3. The largest absolute Gasteiger partial charge is 0.497 e. The van der Waals surface area contributed by atoms with Gasteiger partial charge in [0.2, 0.25) is 5.91 Å². The Morgan fingerprint density at radius 1 is 1.03 bits per heavy atom. The van der Waals surface area contributed by atoms with Gasteiger partial charge in [-0.2, -0.15) is 0 Å². The number of amides is 4. The lowest BCUT2D eigenvalue weighted by atomic mass is 10.1. The predicted molar refractivity (Wildman–Crippen MR) is 109 cm³/mol. The van der Waals surface area contributed by atoms with E-state index in [-0.39, 0.29) is 24.8 Å². The van der Waals surface area contributed by atoms with Gasteiger partial charge in [0.15, 0.2) is 0 Å². The van der Waals surface area contributed by atoms with Crippen molar-refractivity contribution in [2.24, 2.45) is 0 Å². The van der Waals surface area contributed by atoms with Crippen molar-refractivity contribution in [2.45, 2.75) is 25.3 Å². The molecule has 0 aliphatic carbocycles. The number of nitrogens with zero attached hydrogens (tertiary/aromatic N) is 1. The predicted octanol–water partition coefficient (Wildman–Crippen LogP) is 1.91. The van der Waals surface area contributed by atoms with Crippen LogP contribution in [-0.4, -0.2) is 49.0 Å². The van der Waals surface area contributed by atoms with Crippen molar-refractivity contribution in [3.8, 4) is 5.75 Å². The first kappa shape index (κ1) is 20.4. The molecule has 0 saturated carbocycles. The monoisotopic (exact) mass is 395 g/mol. The van der Waals surface area contributed by atoms with Crippen LogP contribution in [-0.2, 0) is 22.4 Å². The topological polar surface area (TPSA) is 87.7 Å². The number of methoxy groups -OCH3 is 1. The van der Waals surface area contributed by atoms with Crippen LogP contribution >= 0.6 is 0 Å². The summed E-state index contributed by atoms with van der Waals surface area (Å²) in [5.41, 5.74) is 2.12. The third-order valence-corrected chi connectivity index (χ3v) is 4.86. The number of imide groups is 1. The summed E-state index contributed by atoms with van der Waals surface area (Å²) >= 11 is 0. The lowest BCUT2D eigenvalue weighted by Crippen LogP contribution is -2.37. The number of nitrogens with one attached hydrogen (secondary N) is 2. The van der Waals surface area contributed by atoms with Gasteiger partial charge in [0.05, 0.1) is 13.5 Å². The molecule has 1 unspecified atom stereocenters. The Labute approximate surface area is 170 Å². The zero-order chi connectivity index (χ0) is 20.6. The third-order valence-electron chi connectivity index (χ3n) is 4.86. The van der Waals surface area contributed by atoms with E-state index in [2.05, 4.69) is 10.6 Å². The third kappa shape index (κ3) is 5.57. The van der Waals surface area contributed by atoms with Crippen molar-refractivity contribution in [1.29, 1.82) is 0 Å². The second kappa shape index (κ2) is 9.73. The van der Waals surface area contributed by atoms with Crippen molar-refractivity contribution in [1.82, 2.24) is 15.5 Å². The molecule has 2 aromatic rings. The molecule has 4 amide bonds. The molecule has 1 atom stereocenters. The van der Waals surface area contributed by atoms with Crippen molar-refractivity contribution in [3.63, 3.8) is 0 Å². The molecule has 29 heavy (non-hydrogen) atoms. The van der Waals surface area contributed by atoms with Gasteiger partial charge >= 0.3 is 6.03 Å². The van der Waals surface area contributed by atoms with Crippen LogP contribution < -0.4 is 15.4 Å². The fourth-order valence-electron chi connectivity index (χ4n) is 3.21. The smallest absolute Gasteiger partial charge is 0.324 e. The maximum atomic E-state index is 12.5. The molecule has 1 aliphatic heterocycles. The van der Waals surface area contributed by atoms with E-state index in [1.54, 1.807) is 7.11 Å². The molecule has 1 fully saturated rings. The van der Waals surface area contributed by atoms with Gasteiger partial charge in [-0.1, -0.05) is 42.5 Å². The number of benzene rings is 2. The number of ether oxygens (including phenoxy) is 1. The fraction of sp³-hybridized carbons (Fsp3) is 0.318. The van der Waals surface area contributed by atoms with Crippen LogP contribution in [0.25, 0.3) is 0 Å². The fourth-order valence-corrected chi connectivity index (χ4v) is 3.21. The molecule has 0 spiro atoms. The molecule has 7 nitrogen and oxygen atoms in total. The van der Waals surface area contributed by atoms with E-state index in [4.69, 9.17) is 4.74 Å². The average molecular weight is 395 g/mol. The van der Waals surface area contributed by atoms with E-state index >= 15 is 0 Å². The SMILES string of the molecule is COc1ccc(CCN2C(=O)NC(CC(=O)NCCc3ccccc3)C2=O)cc1. The Balaban J connectivity index is 1.44. The summed E-state index contributed by atoms with van der Waals surface area (Å²) in [6.07, 6.45) is 1.20. The number of hydrogen-bond donors (Lipinski definition) is 2. The summed E-state index contributed by atoms with van der Waals surface area (Å²) in [5.74, 6) is 0.139. The van der Waals surface area contributed by atoms with Crippen LogP contribution in [0.1, 0.15) is 17.5 Å². The summed E-state index contributed by atoms with van der Waals surface area (Å²) in [7, 11) is 1.60. The van der Waals surface area contributed by atoms with E-state index in [1.165, 1.54) is 4.90 Å². The van der Waals surface area contributed by atoms with E-state index in [9.17, 15) is 14.4 Å². The molecule has 1 saturated heterocycles. The highest BCUT2D eigenvalue weighted by atomic mass is 16.5. The zero-order valence-corrected chi connectivity index (χ0v) is 16.4. The Bertz CT molecular complexity index is 852. The molecular weight excluding hydrogens is 370 g/mol. The number of hydrogen-bond acceptors (Lipinski definition) is 4. The summed E-state index contributed by atoms with van der Waals surface area (Å²) in [5, 5.41) is 5.41. The van der Waals surface area contributed by atoms with Crippen LogP contribution in [0.4, 0.5) is 4.79 Å². The van der Waals surface area contributed by atoms with Crippen molar-refractivity contribution in [2.75, 3.05) is 20.2 Å². The molecular formula is C22H25N3O4. The minimum Gasteiger partial charge on any atom is -0.497 e. The normalized spacial score (nSPS) is 15.9. The molecule has 0 radical (unpaired) electrons. The molecule has 7 heteroatoms. The van der Waals surface area contributed by atoms with E-state index in [1.807, 2.05) is 54.6 Å². The van der Waals surface area contributed by atoms with Gasteiger partial charge in [-0.25, -0.2) is 4.79 Å². The summed E-state index contributed by atoms with van der Waals surface area (Å²) in [6.45, 7) is 0.752. The van der Waals surface area contributed by atoms with Crippen molar-refractivity contribution < 1.29 is 19.1 Å². The summed E-state index contributed by atoms with van der Waals surface area (Å²) in [6, 6.07) is 16.0. The lowest BCUT2D eigenvalue weighted by Gasteiger charge is -2.13. The second-order valence-electron chi connectivity index (χ2n) is 6.88. The first-order valence-electron chi connectivity index (χ1n) is 9.62. The van der Waals surface area contributed by atoms with Gasteiger partial charge in [-0.15, -0.1) is 0 Å². The maximum Gasteiger partial charge on any atom is 0.324 e. The quantitative estimate of drug-likeness (QED) is 0.635. The molecule has 152 valence electrons. The zero-order valence-electron chi connectivity index (χ0n) is 16.4. The van der Waals surface area contributed by atoms with Crippen LogP contribution in [0.2, 0.25) is 0 Å². The van der Waals surface area contributed by atoms with Crippen LogP contribution in [0.15, 0.2) is 54.6 Å². The van der Waals surface area contributed by atoms with Crippen molar-refractivity contribution >= 4 is 17.8 Å². The summed E-state index contributed by atoms with van der Waals surface area (Å²) < 4.78 is 5.12. The second-order valence-corrected chi connectivity index (χ2v) is 6.88. The molecule has 3 rings (SSSR count). The number of carbonyl (C=O) groups excluding carboxylic acids is 3. The highest BCUT2D eigenvalue weighted by Crippen LogP contribution is 2.14. The molecule has 2 aromatic carbocycles. The van der Waals surface area contributed by atoms with Gasteiger partial charge in [0.1, 0.15) is 11.8 Å². The molecule has 1 heterocycles. The van der Waals surface area contributed by atoms with Gasteiger partial charge in [-0.05, 0) is 36.1 Å². The maximum absolute atomic E-state index is 12.5. The Hall–Kier alpha value is -3.35. The highest BCUT2D eigenvalue weighted by Gasteiger charge is 2.38. The minimum atomic E-state index is -0.810. The van der Waals surface area contributed by atoms with Gasteiger partial charge < -0.3 is 15.4 Å². The molecule has 0 bridgehead atoms. The number of rotatable bonds is 9. The van der Waals surface area contributed by atoms with E-state index < -0.39 is 12.1 Å².